The summed E-state index contributed by atoms with van der Waals surface area (Å²) in [6.45, 7) is 2.38. The largest absolute Gasteiger partial charge is 0.497 e. The van der Waals surface area contributed by atoms with Crippen LogP contribution >= 0.6 is 11.8 Å². The molecule has 0 bridgehead atoms. The molecule has 0 aromatic heterocycles. The van der Waals surface area contributed by atoms with Crippen LogP contribution in [0.2, 0.25) is 0 Å². The maximum Gasteiger partial charge on any atom is 0.303 e. The zero-order valence-corrected chi connectivity index (χ0v) is 14.6. The van der Waals surface area contributed by atoms with Crippen molar-refractivity contribution in [1.82, 2.24) is 4.90 Å². The Hall–Kier alpha value is -1.20. The van der Waals surface area contributed by atoms with E-state index in [1.165, 1.54) is 6.92 Å². The highest BCUT2D eigenvalue weighted by Gasteiger charge is 2.45. The third kappa shape index (κ3) is 3.76. The molecule has 1 aliphatic rings. The van der Waals surface area contributed by atoms with E-state index in [9.17, 15) is 4.79 Å². The van der Waals surface area contributed by atoms with Crippen LogP contribution < -0.4 is 4.74 Å². The second-order valence-corrected chi connectivity index (χ2v) is 7.15. The molecule has 1 aromatic carbocycles. The first-order valence-corrected chi connectivity index (χ1v) is 8.70. The molecule has 1 aromatic rings. The van der Waals surface area contributed by atoms with Crippen LogP contribution in [-0.4, -0.2) is 50.1 Å². The fraction of sp³-hybridized carbons (Fsp3) is 0.588. The summed E-state index contributed by atoms with van der Waals surface area (Å²) in [4.78, 5) is 14.0. The summed E-state index contributed by atoms with van der Waals surface area (Å²) >= 11 is 1.93. The highest BCUT2D eigenvalue weighted by Crippen LogP contribution is 2.44. The third-order valence-electron chi connectivity index (χ3n) is 4.07. The Kier molecular flexibility index (Phi) is 5.75. The molecule has 1 fully saturated rings. The van der Waals surface area contributed by atoms with Crippen LogP contribution in [-0.2, 0) is 15.1 Å². The zero-order valence-electron chi connectivity index (χ0n) is 13.8. The van der Waals surface area contributed by atoms with Crippen LogP contribution in [0.25, 0.3) is 0 Å². The van der Waals surface area contributed by atoms with E-state index >= 15 is 0 Å². The minimum atomic E-state index is -0.560. The van der Waals surface area contributed by atoms with Crippen LogP contribution in [0.15, 0.2) is 24.3 Å². The van der Waals surface area contributed by atoms with E-state index in [-0.39, 0.29) is 11.9 Å². The van der Waals surface area contributed by atoms with Crippen molar-refractivity contribution in [2.75, 3.05) is 39.3 Å². The molecular formula is C17H25NO3S. The SMILES string of the molecule is COc1cccc(C2(OC(C)=O)CCSCC2CN(C)C)c1. The van der Waals surface area contributed by atoms with Gasteiger partial charge in [-0.2, -0.15) is 11.8 Å². The number of esters is 1. The van der Waals surface area contributed by atoms with E-state index < -0.39 is 5.60 Å². The van der Waals surface area contributed by atoms with E-state index in [0.29, 0.717) is 0 Å². The highest BCUT2D eigenvalue weighted by molar-refractivity contribution is 7.99. The molecule has 0 aliphatic carbocycles. The summed E-state index contributed by atoms with van der Waals surface area (Å²) in [5.41, 5.74) is 0.477. The summed E-state index contributed by atoms with van der Waals surface area (Å²) in [6, 6.07) is 7.93. The molecule has 0 N–H and O–H groups in total. The molecule has 0 saturated carbocycles. The normalized spacial score (nSPS) is 25.0. The van der Waals surface area contributed by atoms with Crippen molar-refractivity contribution in [3.05, 3.63) is 29.8 Å². The summed E-state index contributed by atoms with van der Waals surface area (Å²) < 4.78 is 11.3. The van der Waals surface area contributed by atoms with Gasteiger partial charge in [0.25, 0.3) is 0 Å². The molecule has 2 atom stereocenters. The number of ether oxygens (including phenoxy) is 2. The molecule has 22 heavy (non-hydrogen) atoms. The van der Waals surface area contributed by atoms with Gasteiger partial charge >= 0.3 is 5.97 Å². The Bertz CT molecular complexity index is 520. The molecule has 2 unspecified atom stereocenters. The number of hydrogen-bond acceptors (Lipinski definition) is 5. The Balaban J connectivity index is 2.45. The Morgan fingerprint density at radius 3 is 2.86 bits per heavy atom. The smallest absolute Gasteiger partial charge is 0.303 e. The van der Waals surface area contributed by atoms with E-state index in [0.717, 1.165) is 35.8 Å². The molecular weight excluding hydrogens is 298 g/mol. The van der Waals surface area contributed by atoms with E-state index in [2.05, 4.69) is 19.0 Å². The third-order valence-corrected chi connectivity index (χ3v) is 5.20. The van der Waals surface area contributed by atoms with Gasteiger partial charge in [0.1, 0.15) is 11.4 Å². The predicted molar refractivity (Wildman–Crippen MR) is 90.4 cm³/mol. The van der Waals surface area contributed by atoms with Crippen molar-refractivity contribution in [1.29, 1.82) is 0 Å². The predicted octanol–water partition coefficient (Wildman–Crippen LogP) is 2.77. The fourth-order valence-electron chi connectivity index (χ4n) is 3.15. The van der Waals surface area contributed by atoms with Gasteiger partial charge in [0.05, 0.1) is 7.11 Å². The van der Waals surface area contributed by atoms with Gasteiger partial charge in [0.15, 0.2) is 0 Å². The first kappa shape index (κ1) is 17.2. The van der Waals surface area contributed by atoms with Crippen LogP contribution in [0.4, 0.5) is 0 Å². The fourth-order valence-corrected chi connectivity index (χ4v) is 4.42. The molecule has 1 aliphatic heterocycles. The van der Waals surface area contributed by atoms with Gasteiger partial charge in [-0.3, -0.25) is 4.79 Å². The number of hydrogen-bond donors (Lipinski definition) is 0. The molecule has 0 spiro atoms. The van der Waals surface area contributed by atoms with Crippen LogP contribution in [0.3, 0.4) is 0 Å². The second-order valence-electron chi connectivity index (χ2n) is 6.00. The van der Waals surface area contributed by atoms with Gasteiger partial charge in [0.2, 0.25) is 0 Å². The van der Waals surface area contributed by atoms with E-state index in [1.807, 2.05) is 36.0 Å². The lowest BCUT2D eigenvalue weighted by Crippen LogP contribution is -2.47. The van der Waals surface area contributed by atoms with Gasteiger partial charge in [-0.1, -0.05) is 12.1 Å². The summed E-state index contributed by atoms with van der Waals surface area (Å²) in [6.07, 6.45) is 0.836. The van der Waals surface area contributed by atoms with Gasteiger partial charge < -0.3 is 14.4 Å². The minimum absolute atomic E-state index is 0.224. The first-order valence-electron chi connectivity index (χ1n) is 7.54. The van der Waals surface area contributed by atoms with Crippen molar-refractivity contribution in [2.45, 2.75) is 18.9 Å². The van der Waals surface area contributed by atoms with Gasteiger partial charge in [0, 0.05) is 31.6 Å². The van der Waals surface area contributed by atoms with Crippen molar-refractivity contribution in [3.8, 4) is 5.75 Å². The summed E-state index contributed by atoms with van der Waals surface area (Å²) in [7, 11) is 5.78. The maximum atomic E-state index is 11.8. The average Bonchev–Trinajstić information content (AvgIpc) is 2.48. The Morgan fingerprint density at radius 2 is 2.23 bits per heavy atom. The quantitative estimate of drug-likeness (QED) is 0.779. The molecule has 122 valence electrons. The van der Waals surface area contributed by atoms with Gasteiger partial charge in [-0.05, 0) is 37.5 Å². The van der Waals surface area contributed by atoms with E-state index in [4.69, 9.17) is 9.47 Å². The molecule has 1 heterocycles. The number of thioether (sulfide) groups is 1. The average molecular weight is 323 g/mol. The van der Waals surface area contributed by atoms with E-state index in [1.54, 1.807) is 7.11 Å². The van der Waals surface area contributed by atoms with Crippen LogP contribution in [0.1, 0.15) is 18.9 Å². The van der Waals surface area contributed by atoms with Crippen molar-refractivity contribution in [3.63, 3.8) is 0 Å². The minimum Gasteiger partial charge on any atom is -0.497 e. The zero-order chi connectivity index (χ0) is 16.2. The molecule has 4 nitrogen and oxygen atoms in total. The number of methoxy groups -OCH3 is 1. The summed E-state index contributed by atoms with van der Waals surface area (Å²) in [5, 5.41) is 0. The molecule has 2 rings (SSSR count). The Morgan fingerprint density at radius 1 is 1.45 bits per heavy atom. The standard InChI is InChI=1S/C17H25NO3S/c1-13(19)21-17(14-6-5-7-16(10-14)20-4)8-9-22-12-15(17)11-18(2)3/h5-7,10,15H,8-9,11-12H2,1-4H3. The number of carbonyl (C=O) groups is 1. The van der Waals surface area contributed by atoms with Crippen LogP contribution in [0, 0.1) is 5.92 Å². The molecule has 1 saturated heterocycles. The number of benzene rings is 1. The maximum absolute atomic E-state index is 11.8. The summed E-state index contributed by atoms with van der Waals surface area (Å²) in [5.74, 6) is 2.82. The monoisotopic (exact) mass is 323 g/mol. The van der Waals surface area contributed by atoms with Crippen molar-refractivity contribution in [2.24, 2.45) is 5.92 Å². The molecule has 5 heteroatoms. The van der Waals surface area contributed by atoms with Gasteiger partial charge in [-0.15, -0.1) is 0 Å². The number of nitrogens with zero attached hydrogens (tertiary/aromatic N) is 1. The Labute approximate surface area is 137 Å². The lowest BCUT2D eigenvalue weighted by atomic mass is 9.79. The topological polar surface area (TPSA) is 38.8 Å². The van der Waals surface area contributed by atoms with Crippen molar-refractivity contribution < 1.29 is 14.3 Å². The lowest BCUT2D eigenvalue weighted by Gasteiger charge is -2.44. The van der Waals surface area contributed by atoms with Crippen molar-refractivity contribution >= 4 is 17.7 Å². The van der Waals surface area contributed by atoms with Gasteiger partial charge in [-0.25, -0.2) is 0 Å². The molecule has 0 amide bonds. The second kappa shape index (κ2) is 7.38. The highest BCUT2D eigenvalue weighted by atomic mass is 32.2. The van der Waals surface area contributed by atoms with Crippen LogP contribution in [0.5, 0.6) is 5.75 Å². The molecule has 0 radical (unpaired) electrons. The number of rotatable bonds is 5. The first-order chi connectivity index (χ1) is 10.5. The number of carbonyl (C=O) groups excluding carboxylic acids is 1. The lowest BCUT2D eigenvalue weighted by molar-refractivity contribution is -0.166.